The van der Waals surface area contributed by atoms with Crippen LogP contribution in [0.15, 0.2) is 24.5 Å². The molecule has 0 unspecified atom stereocenters. The zero-order valence-electron chi connectivity index (χ0n) is 7.49. The lowest BCUT2D eigenvalue weighted by molar-refractivity contribution is -0.132. The first-order valence-corrected chi connectivity index (χ1v) is 4.12. The molecule has 0 spiro atoms. The van der Waals surface area contributed by atoms with Crippen LogP contribution in [0.25, 0.3) is 0 Å². The van der Waals surface area contributed by atoms with E-state index in [9.17, 15) is 4.79 Å². The number of carbonyl (C=O) groups is 1. The number of nitrogens with one attached hydrogen (secondary N) is 1. The summed E-state index contributed by atoms with van der Waals surface area (Å²) in [7, 11) is 0. The first kappa shape index (κ1) is 9.67. The van der Waals surface area contributed by atoms with Crippen LogP contribution in [0.4, 0.5) is 0 Å². The van der Waals surface area contributed by atoms with Gasteiger partial charge in [0, 0.05) is 12.4 Å². The number of hydroxylamine groups is 1. The molecule has 0 saturated carbocycles. The number of amides is 1. The molecular weight excluding hydrogens is 168 g/mol. The second-order valence-corrected chi connectivity index (χ2v) is 2.50. The van der Waals surface area contributed by atoms with E-state index in [1.54, 1.807) is 18.5 Å². The zero-order chi connectivity index (χ0) is 9.52. The Morgan fingerprint density at radius 3 is 3.15 bits per heavy atom. The lowest BCUT2D eigenvalue weighted by atomic mass is 10.2. The molecule has 0 aromatic carbocycles. The number of nitrogens with zero attached hydrogens (tertiary/aromatic N) is 1. The van der Waals surface area contributed by atoms with Gasteiger partial charge in [0.2, 0.25) is 5.91 Å². The summed E-state index contributed by atoms with van der Waals surface area (Å²) in [6.45, 7) is 2.28. The number of rotatable bonds is 4. The van der Waals surface area contributed by atoms with Crippen molar-refractivity contribution in [3.8, 4) is 0 Å². The lowest BCUT2D eigenvalue weighted by Gasteiger charge is -2.02. The third kappa shape index (κ3) is 3.66. The summed E-state index contributed by atoms with van der Waals surface area (Å²) in [5.41, 5.74) is 3.19. The second-order valence-electron chi connectivity index (χ2n) is 2.50. The van der Waals surface area contributed by atoms with Crippen LogP contribution in [0.3, 0.4) is 0 Å². The molecule has 1 heterocycles. The summed E-state index contributed by atoms with van der Waals surface area (Å²) in [4.78, 5) is 19.8. The van der Waals surface area contributed by atoms with Crippen molar-refractivity contribution in [2.24, 2.45) is 0 Å². The molecular formula is C9H12N2O2. The Morgan fingerprint density at radius 1 is 1.69 bits per heavy atom. The summed E-state index contributed by atoms with van der Waals surface area (Å²) in [6, 6.07) is 3.64. The Balaban J connectivity index is 2.37. The number of hydrogen-bond donors (Lipinski definition) is 1. The SMILES string of the molecule is CCONC(=O)Cc1cccnc1. The Hall–Kier alpha value is -1.42. The fourth-order valence-corrected chi connectivity index (χ4v) is 0.877. The van der Waals surface area contributed by atoms with Gasteiger partial charge in [0.25, 0.3) is 0 Å². The molecule has 70 valence electrons. The van der Waals surface area contributed by atoms with Gasteiger partial charge >= 0.3 is 0 Å². The predicted molar refractivity (Wildman–Crippen MR) is 47.7 cm³/mol. The van der Waals surface area contributed by atoms with Crippen molar-refractivity contribution >= 4 is 5.91 Å². The second kappa shape index (κ2) is 5.27. The topological polar surface area (TPSA) is 51.2 Å². The average Bonchev–Trinajstić information content (AvgIpc) is 2.16. The Bertz CT molecular complexity index is 262. The van der Waals surface area contributed by atoms with Gasteiger partial charge in [-0.25, -0.2) is 5.48 Å². The molecule has 0 atom stereocenters. The number of pyridine rings is 1. The van der Waals surface area contributed by atoms with Crippen LogP contribution < -0.4 is 5.48 Å². The zero-order valence-corrected chi connectivity index (χ0v) is 7.49. The molecule has 0 saturated heterocycles. The van der Waals surface area contributed by atoms with E-state index >= 15 is 0 Å². The first-order chi connectivity index (χ1) is 6.33. The highest BCUT2D eigenvalue weighted by Gasteiger charge is 2.01. The molecule has 0 bridgehead atoms. The van der Waals surface area contributed by atoms with Gasteiger partial charge in [-0.3, -0.25) is 14.6 Å². The normalized spacial score (nSPS) is 9.62. The van der Waals surface area contributed by atoms with Crippen LogP contribution in [-0.2, 0) is 16.1 Å². The summed E-state index contributed by atoms with van der Waals surface area (Å²) in [6.07, 6.45) is 3.63. The van der Waals surface area contributed by atoms with Gasteiger partial charge < -0.3 is 0 Å². The lowest BCUT2D eigenvalue weighted by Crippen LogP contribution is -2.25. The molecule has 1 aromatic rings. The first-order valence-electron chi connectivity index (χ1n) is 4.12. The maximum atomic E-state index is 11.1. The molecule has 0 radical (unpaired) electrons. The van der Waals surface area contributed by atoms with E-state index in [1.165, 1.54) is 0 Å². The highest BCUT2D eigenvalue weighted by molar-refractivity contribution is 5.77. The van der Waals surface area contributed by atoms with Gasteiger partial charge in [-0.15, -0.1) is 0 Å². The van der Waals surface area contributed by atoms with E-state index in [0.717, 1.165) is 5.56 Å². The maximum absolute atomic E-state index is 11.1. The quantitative estimate of drug-likeness (QED) is 0.693. The van der Waals surface area contributed by atoms with Crippen molar-refractivity contribution in [2.45, 2.75) is 13.3 Å². The van der Waals surface area contributed by atoms with Gasteiger partial charge in [-0.1, -0.05) is 6.07 Å². The monoisotopic (exact) mass is 180 g/mol. The highest BCUT2D eigenvalue weighted by atomic mass is 16.6. The molecule has 0 aliphatic carbocycles. The largest absolute Gasteiger partial charge is 0.274 e. The summed E-state index contributed by atoms with van der Waals surface area (Å²) >= 11 is 0. The summed E-state index contributed by atoms with van der Waals surface area (Å²) in [5.74, 6) is -0.158. The van der Waals surface area contributed by atoms with Crippen LogP contribution in [-0.4, -0.2) is 17.5 Å². The average molecular weight is 180 g/mol. The van der Waals surface area contributed by atoms with Gasteiger partial charge in [-0.2, -0.15) is 0 Å². The van der Waals surface area contributed by atoms with Crippen molar-refractivity contribution in [2.75, 3.05) is 6.61 Å². The Labute approximate surface area is 76.9 Å². The van der Waals surface area contributed by atoms with E-state index in [0.29, 0.717) is 13.0 Å². The highest BCUT2D eigenvalue weighted by Crippen LogP contribution is 1.96. The van der Waals surface area contributed by atoms with E-state index in [1.807, 2.05) is 13.0 Å². The van der Waals surface area contributed by atoms with Crippen LogP contribution in [0.1, 0.15) is 12.5 Å². The van der Waals surface area contributed by atoms with Crippen molar-refractivity contribution in [3.63, 3.8) is 0 Å². The Morgan fingerprint density at radius 2 is 2.54 bits per heavy atom. The standard InChI is InChI=1S/C9H12N2O2/c1-2-13-11-9(12)6-8-4-3-5-10-7-8/h3-5,7H,2,6H2,1H3,(H,11,12). The summed E-state index contributed by atoms with van der Waals surface area (Å²) in [5, 5.41) is 0. The maximum Gasteiger partial charge on any atom is 0.248 e. The minimum atomic E-state index is -0.158. The fourth-order valence-electron chi connectivity index (χ4n) is 0.877. The van der Waals surface area contributed by atoms with Crippen molar-refractivity contribution < 1.29 is 9.63 Å². The van der Waals surface area contributed by atoms with Gasteiger partial charge in [-0.05, 0) is 18.6 Å². The summed E-state index contributed by atoms with van der Waals surface area (Å²) < 4.78 is 0. The van der Waals surface area contributed by atoms with Crippen LogP contribution in [0.2, 0.25) is 0 Å². The van der Waals surface area contributed by atoms with E-state index in [-0.39, 0.29) is 5.91 Å². The third-order valence-corrected chi connectivity index (χ3v) is 1.42. The number of hydrogen-bond acceptors (Lipinski definition) is 3. The Kier molecular flexibility index (Phi) is 3.92. The molecule has 4 heteroatoms. The van der Waals surface area contributed by atoms with E-state index < -0.39 is 0 Å². The van der Waals surface area contributed by atoms with Crippen LogP contribution in [0, 0.1) is 0 Å². The number of carbonyl (C=O) groups excluding carboxylic acids is 1. The molecule has 13 heavy (non-hydrogen) atoms. The van der Waals surface area contributed by atoms with Crippen molar-refractivity contribution in [1.82, 2.24) is 10.5 Å². The van der Waals surface area contributed by atoms with Gasteiger partial charge in [0.1, 0.15) is 0 Å². The predicted octanol–water partition coefficient (Wildman–Crippen LogP) is 0.692. The third-order valence-electron chi connectivity index (χ3n) is 1.42. The van der Waals surface area contributed by atoms with Gasteiger partial charge in [0.15, 0.2) is 0 Å². The van der Waals surface area contributed by atoms with Gasteiger partial charge in [0.05, 0.1) is 13.0 Å². The smallest absolute Gasteiger partial charge is 0.248 e. The molecule has 0 aliphatic rings. The molecule has 1 aromatic heterocycles. The molecule has 4 nitrogen and oxygen atoms in total. The van der Waals surface area contributed by atoms with E-state index in [4.69, 9.17) is 4.84 Å². The minimum Gasteiger partial charge on any atom is -0.274 e. The van der Waals surface area contributed by atoms with Crippen molar-refractivity contribution in [3.05, 3.63) is 30.1 Å². The minimum absolute atomic E-state index is 0.158. The molecule has 1 amide bonds. The molecule has 1 N–H and O–H groups in total. The van der Waals surface area contributed by atoms with Crippen LogP contribution >= 0.6 is 0 Å². The number of aromatic nitrogens is 1. The molecule has 0 aliphatic heterocycles. The van der Waals surface area contributed by atoms with Crippen LogP contribution in [0.5, 0.6) is 0 Å². The molecule has 0 fully saturated rings. The van der Waals surface area contributed by atoms with Crippen molar-refractivity contribution in [1.29, 1.82) is 0 Å². The molecule has 1 rings (SSSR count). The fraction of sp³-hybridized carbons (Fsp3) is 0.333. The van der Waals surface area contributed by atoms with E-state index in [2.05, 4.69) is 10.5 Å².